The topological polar surface area (TPSA) is 67.5 Å². The number of hydrogen-bond acceptors (Lipinski definition) is 2. The van der Waals surface area contributed by atoms with Gasteiger partial charge in [-0.3, -0.25) is 0 Å². The van der Waals surface area contributed by atoms with Gasteiger partial charge in [-0.15, -0.1) is 0 Å². The number of amides is 2. The average Bonchev–Trinajstić information content (AvgIpc) is 2.72. The van der Waals surface area contributed by atoms with Gasteiger partial charge < -0.3 is 5.73 Å². The molecule has 0 aromatic heterocycles. The summed E-state index contributed by atoms with van der Waals surface area (Å²) in [5.74, 6) is 1.21. The number of nitrogens with two attached hydrogens (primary N) is 1. The van der Waals surface area contributed by atoms with Crippen LogP contribution in [0.5, 0.6) is 0 Å². The molecule has 2 rings (SSSR count). The molecule has 76 valence electrons. The summed E-state index contributed by atoms with van der Waals surface area (Å²) in [6.45, 7) is 2.06. The van der Waals surface area contributed by atoms with Gasteiger partial charge in [0.25, 0.3) is 0 Å². The van der Waals surface area contributed by atoms with Crippen LogP contribution in [0.4, 0.5) is 4.79 Å². The monoisotopic (exact) mass is 193 g/mol. The van der Waals surface area contributed by atoms with Gasteiger partial charge in [0.05, 0.1) is 0 Å². The molecule has 0 aromatic rings. The Morgan fingerprint density at radius 3 is 3.00 bits per heavy atom. The summed E-state index contributed by atoms with van der Waals surface area (Å²) in [4.78, 5) is 10.5. The molecular formula is C10H15N3O. The summed E-state index contributed by atoms with van der Waals surface area (Å²) in [5, 5.41) is 4.05. The Labute approximate surface area is 83.2 Å². The van der Waals surface area contributed by atoms with E-state index in [0.29, 0.717) is 5.92 Å². The van der Waals surface area contributed by atoms with Gasteiger partial charge in [0.15, 0.2) is 0 Å². The molecule has 0 aromatic carbocycles. The van der Waals surface area contributed by atoms with Crippen LogP contribution in [-0.4, -0.2) is 11.7 Å². The average molecular weight is 193 g/mol. The second-order valence-corrected chi connectivity index (χ2v) is 4.01. The minimum absolute atomic E-state index is 0.469. The molecule has 0 aliphatic heterocycles. The molecule has 4 nitrogen and oxygen atoms in total. The highest BCUT2D eigenvalue weighted by molar-refractivity contribution is 5.93. The van der Waals surface area contributed by atoms with E-state index in [1.807, 2.05) is 0 Å². The zero-order chi connectivity index (χ0) is 10.1. The van der Waals surface area contributed by atoms with E-state index in [-0.39, 0.29) is 0 Å². The molecule has 2 fully saturated rings. The Bertz CT molecular complexity index is 319. The van der Waals surface area contributed by atoms with Crippen molar-refractivity contribution in [3.63, 3.8) is 0 Å². The van der Waals surface area contributed by atoms with Crippen molar-refractivity contribution in [1.29, 1.82) is 0 Å². The second kappa shape index (κ2) is 3.44. The minimum atomic E-state index is -0.581. The number of nitrogens with one attached hydrogen (secondary N) is 1. The number of primary amides is 1. The summed E-state index contributed by atoms with van der Waals surface area (Å²) in [6, 6.07) is -0.581. The fraction of sp³-hybridized carbons (Fsp3) is 0.600. The molecule has 3 N–H and O–H groups in total. The summed E-state index contributed by atoms with van der Waals surface area (Å²) in [7, 11) is 0. The Kier molecular flexibility index (Phi) is 2.27. The van der Waals surface area contributed by atoms with E-state index in [0.717, 1.165) is 18.1 Å². The van der Waals surface area contributed by atoms with E-state index in [9.17, 15) is 4.79 Å². The van der Waals surface area contributed by atoms with Crippen molar-refractivity contribution in [1.82, 2.24) is 5.43 Å². The molecule has 14 heavy (non-hydrogen) atoms. The van der Waals surface area contributed by atoms with Gasteiger partial charge in [-0.2, -0.15) is 5.10 Å². The third-order valence-corrected chi connectivity index (χ3v) is 3.12. The number of hydrazone groups is 1. The molecule has 0 saturated heterocycles. The Balaban J connectivity index is 2.10. The van der Waals surface area contributed by atoms with Crippen molar-refractivity contribution >= 4 is 11.7 Å². The molecule has 0 heterocycles. The Hall–Kier alpha value is -1.32. The predicted octanol–water partition coefficient (Wildman–Crippen LogP) is 1.39. The summed E-state index contributed by atoms with van der Waals surface area (Å²) in [6.07, 6.45) is 5.58. The number of nitrogens with zero attached hydrogens (tertiary/aromatic N) is 1. The summed E-state index contributed by atoms with van der Waals surface area (Å²) < 4.78 is 0. The van der Waals surface area contributed by atoms with Crippen LogP contribution in [0.15, 0.2) is 16.8 Å². The van der Waals surface area contributed by atoms with E-state index < -0.39 is 6.03 Å². The number of fused-ring (bicyclic) bond motifs is 2. The molecule has 2 saturated carbocycles. The molecule has 2 unspecified atom stereocenters. The van der Waals surface area contributed by atoms with Crippen molar-refractivity contribution < 1.29 is 4.79 Å². The minimum Gasteiger partial charge on any atom is -0.350 e. The highest BCUT2D eigenvalue weighted by Crippen LogP contribution is 2.46. The van der Waals surface area contributed by atoms with Crippen LogP contribution in [0.3, 0.4) is 0 Å². The van der Waals surface area contributed by atoms with Crippen molar-refractivity contribution in [2.75, 3.05) is 0 Å². The summed E-state index contributed by atoms with van der Waals surface area (Å²) >= 11 is 0. The van der Waals surface area contributed by atoms with Crippen molar-refractivity contribution in [2.24, 2.45) is 22.7 Å². The fourth-order valence-corrected chi connectivity index (χ4v) is 2.56. The lowest BCUT2D eigenvalue weighted by atomic mass is 9.93. The summed E-state index contributed by atoms with van der Waals surface area (Å²) in [5.41, 5.74) is 9.84. The van der Waals surface area contributed by atoms with E-state index in [1.54, 1.807) is 0 Å². The zero-order valence-electron chi connectivity index (χ0n) is 8.29. The fourth-order valence-electron chi connectivity index (χ4n) is 2.56. The lowest BCUT2D eigenvalue weighted by molar-refractivity contribution is 0.249. The largest absolute Gasteiger partial charge is 0.350 e. The number of carbonyl (C=O) groups is 1. The zero-order valence-corrected chi connectivity index (χ0v) is 8.29. The molecule has 2 bridgehead atoms. The van der Waals surface area contributed by atoms with Crippen molar-refractivity contribution in [2.45, 2.75) is 26.2 Å². The number of rotatable bonds is 1. The van der Waals surface area contributed by atoms with Gasteiger partial charge in [0.2, 0.25) is 0 Å². The normalized spacial score (nSPS) is 35.5. The quantitative estimate of drug-likeness (QED) is 0.479. The van der Waals surface area contributed by atoms with Crippen molar-refractivity contribution in [3.05, 3.63) is 11.6 Å². The second-order valence-electron chi connectivity index (χ2n) is 4.01. The molecule has 2 aliphatic rings. The molecule has 2 amide bonds. The van der Waals surface area contributed by atoms with Crippen LogP contribution in [-0.2, 0) is 0 Å². The first-order valence-corrected chi connectivity index (χ1v) is 4.97. The molecule has 2 atom stereocenters. The third kappa shape index (κ3) is 1.52. The van der Waals surface area contributed by atoms with E-state index in [4.69, 9.17) is 5.73 Å². The maximum atomic E-state index is 10.5. The number of carbonyl (C=O) groups excluding carboxylic acids is 1. The highest BCUT2D eigenvalue weighted by Gasteiger charge is 2.40. The number of allylic oxidation sites excluding steroid dienone is 2. The third-order valence-electron chi connectivity index (χ3n) is 3.12. The van der Waals surface area contributed by atoms with Crippen LogP contribution < -0.4 is 11.2 Å². The van der Waals surface area contributed by atoms with Crippen LogP contribution in [0, 0.1) is 11.8 Å². The van der Waals surface area contributed by atoms with Crippen LogP contribution in [0.25, 0.3) is 0 Å². The van der Waals surface area contributed by atoms with Crippen LogP contribution >= 0.6 is 0 Å². The van der Waals surface area contributed by atoms with Gasteiger partial charge in [-0.25, -0.2) is 10.2 Å². The van der Waals surface area contributed by atoms with E-state index in [2.05, 4.69) is 23.5 Å². The smallest absolute Gasteiger partial charge is 0.332 e. The van der Waals surface area contributed by atoms with E-state index >= 15 is 0 Å². The molecular weight excluding hydrogens is 178 g/mol. The Morgan fingerprint density at radius 2 is 2.43 bits per heavy atom. The first-order valence-electron chi connectivity index (χ1n) is 4.97. The first-order chi connectivity index (χ1) is 6.70. The predicted molar refractivity (Wildman–Crippen MR) is 54.7 cm³/mol. The standard InChI is InChI=1S/C10H15N3O/c1-2-7-3-6-4-8(7)9(5-6)12-13-10(11)14/h2,6,8H,3-5H2,1H3,(H3,11,13,14)/b7-2-,12-9+. The maximum Gasteiger partial charge on any atom is 0.332 e. The molecule has 0 radical (unpaired) electrons. The van der Waals surface area contributed by atoms with Gasteiger partial charge in [-0.1, -0.05) is 11.6 Å². The van der Waals surface area contributed by atoms with E-state index in [1.165, 1.54) is 18.4 Å². The highest BCUT2D eigenvalue weighted by atomic mass is 16.2. The number of urea groups is 1. The van der Waals surface area contributed by atoms with Gasteiger partial charge >= 0.3 is 6.03 Å². The number of hydrogen-bond donors (Lipinski definition) is 2. The maximum absolute atomic E-state index is 10.5. The van der Waals surface area contributed by atoms with Crippen LogP contribution in [0.1, 0.15) is 26.2 Å². The lowest BCUT2D eigenvalue weighted by Crippen LogP contribution is -2.27. The van der Waals surface area contributed by atoms with Gasteiger partial charge in [0, 0.05) is 11.6 Å². The van der Waals surface area contributed by atoms with Crippen molar-refractivity contribution in [3.8, 4) is 0 Å². The molecule has 0 spiro atoms. The lowest BCUT2D eigenvalue weighted by Gasteiger charge is -2.15. The molecule has 4 heteroatoms. The molecule has 2 aliphatic carbocycles. The SMILES string of the molecule is C/C=C1/CC2C/C(=N\NC(N)=O)C1C2. The van der Waals surface area contributed by atoms with Gasteiger partial charge in [-0.05, 0) is 32.1 Å². The van der Waals surface area contributed by atoms with Gasteiger partial charge in [0.1, 0.15) is 0 Å². The Morgan fingerprint density at radius 1 is 1.64 bits per heavy atom. The first kappa shape index (κ1) is 9.24. The van der Waals surface area contributed by atoms with Crippen LogP contribution in [0.2, 0.25) is 0 Å².